The smallest absolute Gasteiger partial charge is 0.153 e. The first kappa shape index (κ1) is 7.54. The molecule has 0 spiro atoms. The molecule has 1 heterocycles. The molecule has 0 atom stereocenters. The number of allylic oxidation sites excluding steroid dienone is 3. The van der Waals surface area contributed by atoms with E-state index in [1.807, 2.05) is 0 Å². The molecule has 0 aromatic carbocycles. The molecular weight excluding hydrogens is 140 g/mol. The van der Waals surface area contributed by atoms with Crippen LogP contribution in [0.25, 0.3) is 5.57 Å². The highest BCUT2D eigenvalue weighted by Gasteiger charge is 1.99. The molecular formula is C9H8O2. The second-order valence-electron chi connectivity index (χ2n) is 1.95. The molecule has 0 amide bonds. The maximum absolute atomic E-state index is 10.4. The summed E-state index contributed by atoms with van der Waals surface area (Å²) in [6.07, 6.45) is 5.41. The number of rotatable bonds is 3. The van der Waals surface area contributed by atoms with Crippen LogP contribution in [0.2, 0.25) is 0 Å². The van der Waals surface area contributed by atoms with Crippen LogP contribution in [0.5, 0.6) is 0 Å². The fourth-order valence-corrected chi connectivity index (χ4v) is 0.749. The van der Waals surface area contributed by atoms with Gasteiger partial charge in [-0.15, -0.1) is 0 Å². The molecule has 0 aliphatic carbocycles. The molecule has 1 rings (SSSR count). The van der Waals surface area contributed by atoms with E-state index in [9.17, 15) is 4.79 Å². The van der Waals surface area contributed by atoms with Crippen LogP contribution in [0.1, 0.15) is 5.76 Å². The highest BCUT2D eigenvalue weighted by atomic mass is 16.3. The Bertz CT molecular complexity index is 268. The van der Waals surface area contributed by atoms with Crippen molar-refractivity contribution in [2.45, 2.75) is 0 Å². The topological polar surface area (TPSA) is 30.2 Å². The van der Waals surface area contributed by atoms with Gasteiger partial charge in [0.25, 0.3) is 0 Å². The van der Waals surface area contributed by atoms with Gasteiger partial charge in [-0.05, 0) is 18.2 Å². The molecule has 1 aromatic rings. The maximum atomic E-state index is 10.4. The van der Waals surface area contributed by atoms with Gasteiger partial charge in [0.1, 0.15) is 5.76 Å². The monoisotopic (exact) mass is 148 g/mol. The fraction of sp³-hybridized carbons (Fsp3) is 0. The van der Waals surface area contributed by atoms with Crippen LogP contribution in [-0.4, -0.2) is 6.29 Å². The van der Waals surface area contributed by atoms with E-state index in [1.165, 1.54) is 6.26 Å². The van der Waals surface area contributed by atoms with Crippen LogP contribution in [0.15, 0.2) is 41.5 Å². The Kier molecular flexibility index (Phi) is 2.44. The minimum atomic E-state index is 0.505. The van der Waals surface area contributed by atoms with E-state index in [0.29, 0.717) is 11.3 Å². The highest BCUT2D eigenvalue weighted by molar-refractivity contribution is 6.05. The number of carbonyl (C=O) groups is 1. The summed E-state index contributed by atoms with van der Waals surface area (Å²) in [5.41, 5.74) is 0.505. The van der Waals surface area contributed by atoms with Gasteiger partial charge in [0.2, 0.25) is 0 Å². The summed E-state index contributed by atoms with van der Waals surface area (Å²) in [7, 11) is 0. The van der Waals surface area contributed by atoms with Crippen LogP contribution in [0.3, 0.4) is 0 Å². The van der Waals surface area contributed by atoms with Gasteiger partial charge in [0, 0.05) is 0 Å². The summed E-state index contributed by atoms with van der Waals surface area (Å²) >= 11 is 0. The Labute approximate surface area is 64.8 Å². The molecule has 0 bridgehead atoms. The number of furan rings is 1. The molecule has 0 unspecified atom stereocenters. The van der Waals surface area contributed by atoms with Crippen molar-refractivity contribution in [3.05, 3.63) is 42.9 Å². The second-order valence-corrected chi connectivity index (χ2v) is 1.95. The summed E-state index contributed by atoms with van der Waals surface area (Å²) in [5, 5.41) is 0. The van der Waals surface area contributed by atoms with Crippen molar-refractivity contribution in [1.29, 1.82) is 0 Å². The molecule has 1 aromatic heterocycles. The van der Waals surface area contributed by atoms with E-state index in [2.05, 4.69) is 6.58 Å². The lowest BCUT2D eigenvalue weighted by molar-refractivity contribution is -0.103. The molecule has 0 N–H and O–H groups in total. The van der Waals surface area contributed by atoms with Crippen molar-refractivity contribution in [3.63, 3.8) is 0 Å². The van der Waals surface area contributed by atoms with E-state index in [-0.39, 0.29) is 0 Å². The molecule has 2 heteroatoms. The first-order valence-corrected chi connectivity index (χ1v) is 3.20. The van der Waals surface area contributed by atoms with Crippen LogP contribution in [0, 0.1) is 0 Å². The van der Waals surface area contributed by atoms with Gasteiger partial charge in [-0.1, -0.05) is 12.7 Å². The number of aldehydes is 1. The van der Waals surface area contributed by atoms with Gasteiger partial charge in [-0.3, -0.25) is 4.79 Å². The molecule has 0 saturated heterocycles. The van der Waals surface area contributed by atoms with Gasteiger partial charge in [-0.25, -0.2) is 0 Å². The first-order valence-electron chi connectivity index (χ1n) is 3.20. The Morgan fingerprint density at radius 3 is 2.91 bits per heavy atom. The largest absolute Gasteiger partial charge is 0.464 e. The van der Waals surface area contributed by atoms with Crippen molar-refractivity contribution < 1.29 is 9.21 Å². The minimum Gasteiger partial charge on any atom is -0.464 e. The average Bonchev–Trinajstić information content (AvgIpc) is 2.52. The van der Waals surface area contributed by atoms with Gasteiger partial charge in [0.05, 0.1) is 11.8 Å². The Morgan fingerprint density at radius 2 is 2.45 bits per heavy atom. The lowest BCUT2D eigenvalue weighted by Crippen LogP contribution is -1.79. The van der Waals surface area contributed by atoms with E-state index in [4.69, 9.17) is 4.42 Å². The van der Waals surface area contributed by atoms with Crippen molar-refractivity contribution >= 4 is 11.9 Å². The predicted octanol–water partition coefficient (Wildman–Crippen LogP) is 2.05. The third-order valence-corrected chi connectivity index (χ3v) is 1.23. The summed E-state index contributed by atoms with van der Waals surface area (Å²) < 4.78 is 4.99. The van der Waals surface area contributed by atoms with Gasteiger partial charge in [0.15, 0.2) is 6.29 Å². The number of hydrogen-bond donors (Lipinski definition) is 0. The third kappa shape index (κ3) is 1.67. The lowest BCUT2D eigenvalue weighted by atomic mass is 10.2. The van der Waals surface area contributed by atoms with E-state index in [0.717, 1.165) is 6.29 Å². The summed E-state index contributed by atoms with van der Waals surface area (Å²) in [4.78, 5) is 10.4. The quantitative estimate of drug-likeness (QED) is 0.373. The summed E-state index contributed by atoms with van der Waals surface area (Å²) in [6, 6.07) is 3.46. The average molecular weight is 148 g/mol. The van der Waals surface area contributed by atoms with Gasteiger partial charge in [-0.2, -0.15) is 0 Å². The van der Waals surface area contributed by atoms with Gasteiger partial charge >= 0.3 is 0 Å². The van der Waals surface area contributed by atoms with Crippen LogP contribution < -0.4 is 0 Å². The highest BCUT2D eigenvalue weighted by Crippen LogP contribution is 2.11. The van der Waals surface area contributed by atoms with Crippen molar-refractivity contribution in [1.82, 2.24) is 0 Å². The van der Waals surface area contributed by atoms with Crippen LogP contribution in [0.4, 0.5) is 0 Å². The zero-order valence-corrected chi connectivity index (χ0v) is 5.99. The number of carbonyl (C=O) groups excluding carboxylic acids is 1. The first-order chi connectivity index (χ1) is 5.38. The summed E-state index contributed by atoms with van der Waals surface area (Å²) in [6.45, 7) is 3.48. The molecule has 0 radical (unpaired) electrons. The lowest BCUT2D eigenvalue weighted by Gasteiger charge is -1.89. The molecule has 0 aliphatic heterocycles. The van der Waals surface area contributed by atoms with Crippen molar-refractivity contribution in [2.24, 2.45) is 0 Å². The molecule has 0 fully saturated rings. The zero-order valence-electron chi connectivity index (χ0n) is 5.99. The predicted molar refractivity (Wildman–Crippen MR) is 42.9 cm³/mol. The third-order valence-electron chi connectivity index (χ3n) is 1.23. The normalized spacial score (nSPS) is 11.1. The standard InChI is InChI=1S/C9H8O2/c1-2-4-8(7-10)9-5-3-6-11-9/h2-7H,1H2. The molecule has 11 heavy (non-hydrogen) atoms. The van der Waals surface area contributed by atoms with E-state index in [1.54, 1.807) is 24.3 Å². The van der Waals surface area contributed by atoms with Crippen molar-refractivity contribution in [3.8, 4) is 0 Å². The molecule has 2 nitrogen and oxygen atoms in total. The maximum Gasteiger partial charge on any atom is 0.153 e. The van der Waals surface area contributed by atoms with Crippen LogP contribution in [-0.2, 0) is 4.79 Å². The SMILES string of the molecule is C=CC=C(C=O)c1ccco1. The van der Waals surface area contributed by atoms with E-state index >= 15 is 0 Å². The van der Waals surface area contributed by atoms with Gasteiger partial charge < -0.3 is 4.42 Å². The Morgan fingerprint density at radius 1 is 1.64 bits per heavy atom. The van der Waals surface area contributed by atoms with Crippen LogP contribution >= 0.6 is 0 Å². The Hall–Kier alpha value is -1.57. The molecule has 56 valence electrons. The molecule has 0 saturated carbocycles. The molecule has 0 aliphatic rings. The second kappa shape index (κ2) is 3.56. The van der Waals surface area contributed by atoms with Crippen molar-refractivity contribution in [2.75, 3.05) is 0 Å². The Balaban J connectivity index is 2.97. The summed E-state index contributed by atoms with van der Waals surface area (Å²) in [5.74, 6) is 0.569. The van der Waals surface area contributed by atoms with E-state index < -0.39 is 0 Å². The fourth-order valence-electron chi connectivity index (χ4n) is 0.749. The minimum absolute atomic E-state index is 0.505. The number of hydrogen-bond acceptors (Lipinski definition) is 2. The zero-order chi connectivity index (χ0) is 8.10.